The van der Waals surface area contributed by atoms with Gasteiger partial charge in [0.15, 0.2) is 0 Å². The van der Waals surface area contributed by atoms with Crippen molar-refractivity contribution in [2.75, 3.05) is 0 Å². The zero-order valence-corrected chi connectivity index (χ0v) is 22.1. The molecule has 0 unspecified atom stereocenters. The molecule has 0 aliphatic heterocycles. The summed E-state index contributed by atoms with van der Waals surface area (Å²) in [5.41, 5.74) is 4.47. The van der Waals surface area contributed by atoms with Gasteiger partial charge in [0.25, 0.3) is 0 Å². The first-order chi connectivity index (χ1) is 16.1. The third-order valence-electron chi connectivity index (χ3n) is 6.97. The lowest BCUT2D eigenvalue weighted by Gasteiger charge is -2.29. The van der Waals surface area contributed by atoms with Crippen molar-refractivity contribution in [1.29, 1.82) is 0 Å². The minimum atomic E-state index is 0.704. The Morgan fingerprint density at radius 1 is 1.03 bits per heavy atom. The first-order valence-electron chi connectivity index (χ1n) is 12.0. The Hall–Kier alpha value is -1.69. The number of unbranched alkanes of at least 4 members (excludes halogenated alkanes) is 2. The van der Waals surface area contributed by atoms with E-state index in [0.717, 1.165) is 37.3 Å². The fourth-order valence-corrected chi connectivity index (χ4v) is 6.93. The van der Waals surface area contributed by atoms with E-state index in [9.17, 15) is 0 Å². The molecule has 1 fully saturated rings. The summed E-state index contributed by atoms with van der Waals surface area (Å²) in [5.74, 6) is 1.65. The summed E-state index contributed by atoms with van der Waals surface area (Å²) in [4.78, 5) is 5.73. The smallest absolute Gasteiger partial charge is 0.214 e. The van der Waals surface area contributed by atoms with Crippen LogP contribution in [0.25, 0.3) is 26.8 Å². The summed E-state index contributed by atoms with van der Waals surface area (Å²) < 4.78 is 2.75. The average Bonchev–Trinajstić information content (AvgIpc) is 3.39. The molecule has 1 saturated carbocycles. The van der Waals surface area contributed by atoms with Crippen molar-refractivity contribution < 1.29 is 0 Å². The number of imidazole rings is 1. The van der Waals surface area contributed by atoms with E-state index in [1.165, 1.54) is 56.9 Å². The van der Waals surface area contributed by atoms with Crippen LogP contribution in [0.5, 0.6) is 0 Å². The Kier molecular flexibility index (Phi) is 7.19. The van der Waals surface area contributed by atoms with E-state index in [0.29, 0.717) is 10.9 Å². The summed E-state index contributed by atoms with van der Waals surface area (Å²) in [6, 6.07) is 16.8. The molecule has 0 bridgehead atoms. The molecule has 2 heterocycles. The van der Waals surface area contributed by atoms with Gasteiger partial charge in [-0.3, -0.25) is 0 Å². The molecular formula is C27H29BrClN3S. The first kappa shape index (κ1) is 23.1. The molecule has 172 valence electrons. The number of rotatable bonds is 7. The van der Waals surface area contributed by atoms with E-state index in [1.807, 2.05) is 28.8 Å². The molecule has 0 spiro atoms. The monoisotopic (exact) mass is 541 g/mol. The van der Waals surface area contributed by atoms with Gasteiger partial charge in [0.2, 0.25) is 4.96 Å². The van der Waals surface area contributed by atoms with Gasteiger partial charge in [0.05, 0.1) is 5.02 Å². The minimum Gasteiger partial charge on any atom is -0.216 e. The van der Waals surface area contributed by atoms with E-state index in [4.69, 9.17) is 21.7 Å². The van der Waals surface area contributed by atoms with E-state index in [2.05, 4.69) is 47.1 Å². The Labute approximate surface area is 213 Å². The second-order valence-corrected chi connectivity index (χ2v) is 11.3. The van der Waals surface area contributed by atoms with E-state index >= 15 is 0 Å². The molecule has 4 aromatic rings. The highest BCUT2D eigenvalue weighted by atomic mass is 79.9. The maximum absolute atomic E-state index is 6.36. The van der Waals surface area contributed by atoms with Gasteiger partial charge in [-0.25, -0.2) is 4.98 Å². The van der Waals surface area contributed by atoms with Crippen LogP contribution in [0.15, 0.2) is 53.1 Å². The van der Waals surface area contributed by atoms with Crippen LogP contribution < -0.4 is 0 Å². The number of nitrogens with zero attached hydrogens (tertiary/aromatic N) is 3. The molecule has 3 nitrogen and oxygen atoms in total. The summed E-state index contributed by atoms with van der Waals surface area (Å²) in [5, 5.41) is 6.33. The maximum Gasteiger partial charge on any atom is 0.214 e. The van der Waals surface area contributed by atoms with Crippen LogP contribution in [0.2, 0.25) is 5.02 Å². The van der Waals surface area contributed by atoms with Crippen molar-refractivity contribution in [1.82, 2.24) is 14.6 Å². The Morgan fingerprint density at radius 3 is 2.48 bits per heavy atom. The van der Waals surface area contributed by atoms with E-state index < -0.39 is 0 Å². The predicted octanol–water partition coefficient (Wildman–Crippen LogP) is 9.39. The van der Waals surface area contributed by atoms with Gasteiger partial charge in [0, 0.05) is 11.1 Å². The molecule has 33 heavy (non-hydrogen) atoms. The third kappa shape index (κ3) is 4.91. The second-order valence-electron chi connectivity index (χ2n) is 9.17. The third-order valence-corrected chi connectivity index (χ3v) is 8.95. The number of halogens is 2. The predicted molar refractivity (Wildman–Crippen MR) is 143 cm³/mol. The number of benzene rings is 2. The van der Waals surface area contributed by atoms with Gasteiger partial charge < -0.3 is 0 Å². The van der Waals surface area contributed by atoms with Crippen LogP contribution in [0.4, 0.5) is 0 Å². The Balaban J connectivity index is 1.29. The van der Waals surface area contributed by atoms with E-state index in [-0.39, 0.29) is 0 Å². The summed E-state index contributed by atoms with van der Waals surface area (Å²) in [7, 11) is 0. The fourth-order valence-electron chi connectivity index (χ4n) is 5.03. The quantitative estimate of drug-likeness (QED) is 0.218. The minimum absolute atomic E-state index is 0.704. The molecule has 2 aromatic heterocycles. The average molecular weight is 543 g/mol. The molecule has 6 heteroatoms. The maximum atomic E-state index is 6.36. The number of aromatic nitrogens is 3. The van der Waals surface area contributed by atoms with Crippen molar-refractivity contribution in [3.8, 4) is 21.8 Å². The van der Waals surface area contributed by atoms with Crippen molar-refractivity contribution >= 4 is 43.8 Å². The molecule has 0 N–H and O–H groups in total. The van der Waals surface area contributed by atoms with Crippen LogP contribution in [-0.4, -0.2) is 14.6 Å². The molecule has 0 amide bonds. The van der Waals surface area contributed by atoms with Crippen molar-refractivity contribution in [2.45, 2.75) is 64.2 Å². The molecule has 2 aromatic carbocycles. The van der Waals surface area contributed by atoms with Gasteiger partial charge in [-0.05, 0) is 65.1 Å². The Morgan fingerprint density at radius 2 is 1.79 bits per heavy atom. The highest BCUT2D eigenvalue weighted by Gasteiger charge is 2.23. The number of hydrogen-bond acceptors (Lipinski definition) is 3. The lowest BCUT2D eigenvalue weighted by Crippen LogP contribution is -2.13. The molecule has 1 aliphatic carbocycles. The zero-order valence-electron chi connectivity index (χ0n) is 18.9. The number of fused-ring (bicyclic) bond motifs is 1. The van der Waals surface area contributed by atoms with Gasteiger partial charge in [-0.15, -0.1) is 0 Å². The van der Waals surface area contributed by atoms with Crippen molar-refractivity contribution in [3.63, 3.8) is 0 Å². The van der Waals surface area contributed by atoms with Gasteiger partial charge in [0.1, 0.15) is 15.3 Å². The molecule has 0 radical (unpaired) electrons. The molecule has 0 atom stereocenters. The summed E-state index contributed by atoms with van der Waals surface area (Å²) >= 11 is 11.6. The molecule has 1 aliphatic rings. The highest BCUT2D eigenvalue weighted by Crippen LogP contribution is 2.39. The lowest BCUT2D eigenvalue weighted by atomic mass is 9.77. The van der Waals surface area contributed by atoms with Crippen LogP contribution in [0.1, 0.15) is 69.8 Å². The first-order valence-corrected chi connectivity index (χ1v) is 14.0. The van der Waals surface area contributed by atoms with Gasteiger partial charge >= 0.3 is 0 Å². The van der Waals surface area contributed by atoms with Crippen molar-refractivity contribution in [2.24, 2.45) is 5.92 Å². The topological polar surface area (TPSA) is 30.2 Å². The van der Waals surface area contributed by atoms with Crippen LogP contribution >= 0.6 is 38.9 Å². The normalized spacial score (nSPS) is 18.8. The fraction of sp³-hybridized carbons (Fsp3) is 0.407. The standard InChI is InChI=1S/C27H29BrClN3S/c1-2-3-4-7-18-10-12-19(13-11-18)20-14-16-21(17-15-20)24-25(28)32-27(30-24)33-26(31-32)22-8-5-6-9-23(22)29/h5-6,8-9,14-19H,2-4,7,10-13H2,1H3. The highest BCUT2D eigenvalue weighted by molar-refractivity contribution is 9.10. The zero-order chi connectivity index (χ0) is 22.8. The lowest BCUT2D eigenvalue weighted by molar-refractivity contribution is 0.303. The largest absolute Gasteiger partial charge is 0.216 e. The molecule has 0 saturated heterocycles. The van der Waals surface area contributed by atoms with Crippen LogP contribution in [0.3, 0.4) is 0 Å². The molecular weight excluding hydrogens is 514 g/mol. The second kappa shape index (κ2) is 10.3. The number of hydrogen-bond donors (Lipinski definition) is 0. The van der Waals surface area contributed by atoms with Gasteiger partial charge in [-0.2, -0.15) is 9.61 Å². The molecule has 5 rings (SSSR count). The SMILES string of the molecule is CCCCCC1CCC(c2ccc(-c3nc4sc(-c5ccccc5Cl)nn4c3Br)cc2)CC1. The Bertz CT molecular complexity index is 1220. The van der Waals surface area contributed by atoms with Crippen LogP contribution in [-0.2, 0) is 0 Å². The van der Waals surface area contributed by atoms with E-state index in [1.54, 1.807) is 11.3 Å². The summed E-state index contributed by atoms with van der Waals surface area (Å²) in [6.45, 7) is 2.29. The van der Waals surface area contributed by atoms with Crippen molar-refractivity contribution in [3.05, 3.63) is 63.7 Å². The summed E-state index contributed by atoms with van der Waals surface area (Å²) in [6.07, 6.45) is 11.0. The van der Waals surface area contributed by atoms with Gasteiger partial charge in [-0.1, -0.05) is 98.0 Å². The van der Waals surface area contributed by atoms with Crippen LogP contribution in [0, 0.1) is 5.92 Å².